The van der Waals surface area contributed by atoms with Crippen LogP contribution < -0.4 is 0 Å². The molecule has 6 heteroatoms. The molecule has 0 N–H and O–H groups in total. The fraction of sp³-hybridized carbons (Fsp3) is 0.231. The average Bonchev–Trinajstić information content (AvgIpc) is 2.54. The molecule has 0 fully saturated rings. The molecule has 3 nitrogen and oxygen atoms in total. The maximum absolute atomic E-state index is 12.2. The van der Waals surface area contributed by atoms with Gasteiger partial charge in [0.05, 0.1) is 5.69 Å². The first kappa shape index (κ1) is 14.4. The van der Waals surface area contributed by atoms with Crippen LogP contribution in [0.2, 0.25) is 15.2 Å². The van der Waals surface area contributed by atoms with E-state index in [-0.39, 0.29) is 12.2 Å². The van der Waals surface area contributed by atoms with Gasteiger partial charge in [-0.05, 0) is 25.1 Å². The Bertz CT molecular complexity index is 629. The molecule has 0 radical (unpaired) electrons. The molecule has 19 heavy (non-hydrogen) atoms. The molecule has 1 heterocycles. The van der Waals surface area contributed by atoms with E-state index in [0.29, 0.717) is 20.8 Å². The normalized spacial score (nSPS) is 10.8. The summed E-state index contributed by atoms with van der Waals surface area (Å²) in [7, 11) is 1.74. The van der Waals surface area contributed by atoms with Crippen molar-refractivity contribution in [1.29, 1.82) is 0 Å². The summed E-state index contributed by atoms with van der Waals surface area (Å²) in [6, 6.07) is 4.77. The van der Waals surface area contributed by atoms with Crippen molar-refractivity contribution in [1.82, 2.24) is 9.78 Å². The topological polar surface area (TPSA) is 34.9 Å². The molecule has 0 saturated heterocycles. The number of carbonyl (C=O) groups excluding carboxylic acids is 1. The predicted octanol–water partition coefficient (Wildman–Crippen LogP) is 4.11. The van der Waals surface area contributed by atoms with Gasteiger partial charge in [-0.3, -0.25) is 9.48 Å². The SMILES string of the molecule is Cc1nn(C)c(Cl)c1CC(=O)c1cc(Cl)cc(Cl)c1. The van der Waals surface area contributed by atoms with Crippen molar-refractivity contribution in [3.8, 4) is 0 Å². The minimum absolute atomic E-state index is 0.0950. The zero-order valence-corrected chi connectivity index (χ0v) is 12.6. The highest BCUT2D eigenvalue weighted by molar-refractivity contribution is 6.35. The standard InChI is InChI=1S/C13H11Cl3N2O/c1-7-11(13(16)18(2)17-7)6-12(19)8-3-9(14)5-10(15)4-8/h3-5H,6H2,1-2H3. The van der Waals surface area contributed by atoms with Crippen LogP contribution in [-0.4, -0.2) is 15.6 Å². The smallest absolute Gasteiger partial charge is 0.167 e. The van der Waals surface area contributed by atoms with Gasteiger partial charge in [-0.1, -0.05) is 34.8 Å². The number of nitrogens with zero attached hydrogens (tertiary/aromatic N) is 2. The van der Waals surface area contributed by atoms with Crippen LogP contribution in [-0.2, 0) is 13.5 Å². The van der Waals surface area contributed by atoms with Gasteiger partial charge in [0.2, 0.25) is 0 Å². The summed E-state index contributed by atoms with van der Waals surface area (Å²) in [5.74, 6) is -0.0950. The molecule has 0 aliphatic heterocycles. The van der Waals surface area contributed by atoms with Crippen molar-refractivity contribution < 1.29 is 4.79 Å². The van der Waals surface area contributed by atoms with Crippen molar-refractivity contribution in [2.24, 2.45) is 7.05 Å². The lowest BCUT2D eigenvalue weighted by Crippen LogP contribution is -2.04. The van der Waals surface area contributed by atoms with E-state index in [1.165, 1.54) is 0 Å². The van der Waals surface area contributed by atoms with E-state index in [1.54, 1.807) is 29.9 Å². The van der Waals surface area contributed by atoms with Gasteiger partial charge in [-0.2, -0.15) is 5.10 Å². The number of ketones is 1. The number of hydrogen-bond acceptors (Lipinski definition) is 2. The van der Waals surface area contributed by atoms with Crippen LogP contribution in [0.3, 0.4) is 0 Å². The van der Waals surface area contributed by atoms with Crippen LogP contribution in [0.25, 0.3) is 0 Å². The number of aryl methyl sites for hydroxylation is 2. The largest absolute Gasteiger partial charge is 0.294 e. The molecular weight excluding hydrogens is 307 g/mol. The Kier molecular flexibility index (Phi) is 4.19. The Morgan fingerprint density at radius 1 is 1.21 bits per heavy atom. The molecule has 0 spiro atoms. The minimum atomic E-state index is -0.0950. The van der Waals surface area contributed by atoms with Crippen LogP contribution in [0.15, 0.2) is 18.2 Å². The summed E-state index contributed by atoms with van der Waals surface area (Å²) in [6.45, 7) is 1.82. The van der Waals surface area contributed by atoms with E-state index in [0.717, 1.165) is 11.3 Å². The first-order valence-electron chi connectivity index (χ1n) is 5.55. The monoisotopic (exact) mass is 316 g/mol. The number of rotatable bonds is 3. The highest BCUT2D eigenvalue weighted by Crippen LogP contribution is 2.23. The highest BCUT2D eigenvalue weighted by atomic mass is 35.5. The van der Waals surface area contributed by atoms with E-state index >= 15 is 0 Å². The van der Waals surface area contributed by atoms with Gasteiger partial charge < -0.3 is 0 Å². The maximum Gasteiger partial charge on any atom is 0.167 e. The second-order valence-corrected chi connectivity index (χ2v) is 5.47. The zero-order valence-electron chi connectivity index (χ0n) is 10.4. The van der Waals surface area contributed by atoms with Gasteiger partial charge in [-0.15, -0.1) is 0 Å². The molecule has 0 unspecified atom stereocenters. The molecule has 0 aliphatic rings. The fourth-order valence-electron chi connectivity index (χ4n) is 1.85. The van der Waals surface area contributed by atoms with Gasteiger partial charge >= 0.3 is 0 Å². The van der Waals surface area contributed by atoms with Gasteiger partial charge in [-0.25, -0.2) is 0 Å². The minimum Gasteiger partial charge on any atom is -0.294 e. The van der Waals surface area contributed by atoms with E-state index in [1.807, 2.05) is 6.92 Å². The number of halogens is 3. The third-order valence-electron chi connectivity index (χ3n) is 2.79. The Hall–Kier alpha value is -1.03. The molecule has 0 saturated carbocycles. The molecule has 0 bridgehead atoms. The summed E-state index contributed by atoms with van der Waals surface area (Å²) in [6.07, 6.45) is 0.176. The quantitative estimate of drug-likeness (QED) is 0.798. The number of carbonyl (C=O) groups is 1. The van der Waals surface area contributed by atoms with Gasteiger partial charge in [0.1, 0.15) is 5.15 Å². The highest BCUT2D eigenvalue weighted by Gasteiger charge is 2.16. The first-order chi connectivity index (χ1) is 8.88. The molecule has 0 aliphatic carbocycles. The van der Waals surface area contributed by atoms with Crippen LogP contribution >= 0.6 is 34.8 Å². The number of Topliss-reactive ketones (excluding diaryl/α,β-unsaturated/α-hetero) is 1. The summed E-state index contributed by atoms with van der Waals surface area (Å²) in [5.41, 5.74) is 1.94. The van der Waals surface area contributed by atoms with E-state index in [9.17, 15) is 4.79 Å². The number of hydrogen-bond donors (Lipinski definition) is 0. The molecule has 1 aromatic carbocycles. The Balaban J connectivity index is 2.30. The number of benzene rings is 1. The molecule has 2 aromatic rings. The maximum atomic E-state index is 12.2. The van der Waals surface area contributed by atoms with Crippen LogP contribution in [0.4, 0.5) is 0 Å². The second kappa shape index (κ2) is 5.53. The van der Waals surface area contributed by atoms with Gasteiger partial charge in [0.25, 0.3) is 0 Å². The van der Waals surface area contributed by atoms with Crippen molar-refractivity contribution in [3.63, 3.8) is 0 Å². The van der Waals surface area contributed by atoms with Gasteiger partial charge in [0.15, 0.2) is 5.78 Å². The third-order valence-corrected chi connectivity index (χ3v) is 3.70. The molecule has 1 aromatic heterocycles. The fourth-order valence-corrected chi connectivity index (χ4v) is 2.62. The number of aromatic nitrogens is 2. The Labute approximate surface area is 126 Å². The Morgan fingerprint density at radius 2 is 1.79 bits per heavy atom. The Morgan fingerprint density at radius 3 is 2.26 bits per heavy atom. The lowest BCUT2D eigenvalue weighted by molar-refractivity contribution is 0.0992. The summed E-state index contributed by atoms with van der Waals surface area (Å²) in [4.78, 5) is 12.2. The summed E-state index contributed by atoms with van der Waals surface area (Å²) >= 11 is 17.9. The van der Waals surface area contributed by atoms with Crippen LogP contribution in [0.1, 0.15) is 21.6 Å². The molecule has 0 atom stereocenters. The molecule has 2 rings (SSSR count). The lowest BCUT2D eigenvalue weighted by atomic mass is 10.0. The van der Waals surface area contributed by atoms with E-state index in [2.05, 4.69) is 5.10 Å². The molecule has 0 amide bonds. The van der Waals surface area contributed by atoms with Crippen molar-refractivity contribution in [2.45, 2.75) is 13.3 Å². The third kappa shape index (κ3) is 3.11. The average molecular weight is 318 g/mol. The van der Waals surface area contributed by atoms with Crippen molar-refractivity contribution >= 4 is 40.6 Å². The summed E-state index contributed by atoms with van der Waals surface area (Å²) < 4.78 is 1.55. The lowest BCUT2D eigenvalue weighted by Gasteiger charge is -2.03. The molecule has 100 valence electrons. The van der Waals surface area contributed by atoms with E-state index < -0.39 is 0 Å². The second-order valence-electron chi connectivity index (χ2n) is 4.24. The van der Waals surface area contributed by atoms with Crippen molar-refractivity contribution in [2.75, 3.05) is 0 Å². The van der Waals surface area contributed by atoms with Crippen molar-refractivity contribution in [3.05, 3.63) is 50.2 Å². The van der Waals surface area contributed by atoms with E-state index in [4.69, 9.17) is 34.8 Å². The zero-order chi connectivity index (χ0) is 14.2. The predicted molar refractivity (Wildman–Crippen MR) is 77.5 cm³/mol. The van der Waals surface area contributed by atoms with Crippen LogP contribution in [0, 0.1) is 6.92 Å². The molecular formula is C13H11Cl3N2O. The van der Waals surface area contributed by atoms with Crippen LogP contribution in [0.5, 0.6) is 0 Å². The first-order valence-corrected chi connectivity index (χ1v) is 6.69. The summed E-state index contributed by atoms with van der Waals surface area (Å²) in [5, 5.41) is 5.51. The van der Waals surface area contributed by atoms with Gasteiger partial charge in [0, 0.05) is 34.6 Å².